The van der Waals surface area contributed by atoms with E-state index in [1.165, 1.54) is 0 Å². The predicted octanol–water partition coefficient (Wildman–Crippen LogP) is -1.93. The van der Waals surface area contributed by atoms with Gasteiger partial charge >= 0.3 is 27.3 Å². The summed E-state index contributed by atoms with van der Waals surface area (Å²) in [6, 6.07) is 0. The van der Waals surface area contributed by atoms with E-state index in [9.17, 15) is 0 Å². The van der Waals surface area contributed by atoms with Gasteiger partial charge in [-0.2, -0.15) is 0 Å². The van der Waals surface area contributed by atoms with Gasteiger partial charge < -0.3 is 11.0 Å². The molecule has 2 nitrogen and oxygen atoms in total. The summed E-state index contributed by atoms with van der Waals surface area (Å²) in [4.78, 5) is 0. The molecule has 0 aromatic rings. The maximum atomic E-state index is 0. The molecule has 0 saturated carbocycles. The molecular formula is CH10O2Pb. The average molecular weight is 261 g/mol. The standard InChI is InChI=1S/CH4.2H2O.Pb.2H/h1H4;2*1H2;;;. The fraction of sp³-hybridized carbons (Fsp3) is 1.00. The zero-order valence-electron chi connectivity index (χ0n) is 1.71. The molecular weight excluding hydrogens is 251 g/mol. The molecule has 0 heterocycles. The first-order chi connectivity index (χ1) is 0. The third-order valence-electron chi connectivity index (χ3n) is 0. The van der Waals surface area contributed by atoms with Crippen LogP contribution in [0.5, 0.6) is 0 Å². The van der Waals surface area contributed by atoms with Gasteiger partial charge in [-0.05, 0) is 0 Å². The van der Waals surface area contributed by atoms with Crippen LogP contribution in [0.4, 0.5) is 0 Å². The Bertz CT molecular complexity index is 6.00. The van der Waals surface area contributed by atoms with Gasteiger partial charge in [-0.1, -0.05) is 7.43 Å². The fourth-order valence-corrected chi connectivity index (χ4v) is 0. The van der Waals surface area contributed by atoms with Gasteiger partial charge in [0.2, 0.25) is 0 Å². The molecule has 0 bridgehead atoms. The van der Waals surface area contributed by atoms with Gasteiger partial charge in [-0.3, -0.25) is 0 Å². The zero-order valence-corrected chi connectivity index (χ0v) is 7.20. The van der Waals surface area contributed by atoms with E-state index in [4.69, 9.17) is 0 Å². The quantitative estimate of drug-likeness (QED) is 0.456. The van der Waals surface area contributed by atoms with Crippen LogP contribution in [0, 0.1) is 0 Å². The van der Waals surface area contributed by atoms with Crippen molar-refractivity contribution in [3.05, 3.63) is 0 Å². The molecule has 2 radical (unpaired) electrons. The van der Waals surface area contributed by atoms with Crippen LogP contribution in [0.15, 0.2) is 0 Å². The molecule has 4 heavy (non-hydrogen) atoms. The average Bonchev–Trinajstić information content (AvgIpc) is 0. The molecule has 0 aliphatic rings. The third kappa shape index (κ3) is 13.6. The molecule has 0 atom stereocenters. The number of hydrogen-bond acceptors (Lipinski definition) is 0. The molecule has 4 N–H and O–H groups in total. The summed E-state index contributed by atoms with van der Waals surface area (Å²) < 4.78 is 0. The van der Waals surface area contributed by atoms with E-state index in [0.29, 0.717) is 0 Å². The molecule has 0 rings (SSSR count). The second-order valence-corrected chi connectivity index (χ2v) is 0. The van der Waals surface area contributed by atoms with Crippen molar-refractivity contribution < 1.29 is 11.0 Å². The first kappa shape index (κ1) is 101. The molecule has 0 amide bonds. The Labute approximate surface area is 46.0 Å². The van der Waals surface area contributed by atoms with Crippen LogP contribution in [0.25, 0.3) is 0 Å². The Morgan fingerprint density at radius 3 is 0.750 bits per heavy atom. The molecule has 0 aliphatic carbocycles. The molecule has 0 fully saturated rings. The van der Waals surface area contributed by atoms with Gasteiger partial charge in [0.05, 0.1) is 0 Å². The Morgan fingerprint density at radius 2 is 0.750 bits per heavy atom. The van der Waals surface area contributed by atoms with Gasteiger partial charge in [0.15, 0.2) is 0 Å². The van der Waals surface area contributed by atoms with Gasteiger partial charge in [-0.25, -0.2) is 0 Å². The van der Waals surface area contributed by atoms with Gasteiger partial charge in [0.25, 0.3) is 0 Å². The summed E-state index contributed by atoms with van der Waals surface area (Å²) in [5.41, 5.74) is 0. The van der Waals surface area contributed by atoms with Crippen molar-refractivity contribution in [3.8, 4) is 0 Å². The number of rotatable bonds is 0. The van der Waals surface area contributed by atoms with Gasteiger partial charge in [-0.15, -0.1) is 0 Å². The van der Waals surface area contributed by atoms with Crippen LogP contribution < -0.4 is 0 Å². The third-order valence-corrected chi connectivity index (χ3v) is 0. The van der Waals surface area contributed by atoms with E-state index in [1.54, 1.807) is 0 Å². The van der Waals surface area contributed by atoms with Crippen molar-refractivity contribution in [2.45, 2.75) is 7.43 Å². The summed E-state index contributed by atoms with van der Waals surface area (Å²) in [6.07, 6.45) is 0. The number of hydrogen-bond donors (Lipinski definition) is 0. The predicted molar refractivity (Wildman–Crippen MR) is 22.5 cm³/mol. The fourth-order valence-electron chi connectivity index (χ4n) is 0. The van der Waals surface area contributed by atoms with Crippen LogP contribution in [-0.4, -0.2) is 38.3 Å². The minimum atomic E-state index is 0. The second-order valence-electron chi connectivity index (χ2n) is 0. The van der Waals surface area contributed by atoms with Crippen molar-refractivity contribution >= 4 is 27.3 Å². The molecule has 0 aromatic carbocycles. The summed E-state index contributed by atoms with van der Waals surface area (Å²) in [5, 5.41) is 0. The first-order valence-corrected chi connectivity index (χ1v) is 0. The van der Waals surface area contributed by atoms with Crippen molar-refractivity contribution in [2.75, 3.05) is 0 Å². The van der Waals surface area contributed by atoms with Crippen LogP contribution in [0.1, 0.15) is 7.43 Å². The van der Waals surface area contributed by atoms with Crippen molar-refractivity contribution in [1.29, 1.82) is 0 Å². The molecule has 0 aromatic heterocycles. The normalized spacial score (nSPS) is 0. The monoisotopic (exact) mass is 262 g/mol. The van der Waals surface area contributed by atoms with E-state index >= 15 is 0 Å². The van der Waals surface area contributed by atoms with Crippen LogP contribution in [0.3, 0.4) is 0 Å². The van der Waals surface area contributed by atoms with E-state index in [1.807, 2.05) is 0 Å². The topological polar surface area (TPSA) is 63.0 Å². The van der Waals surface area contributed by atoms with Crippen molar-refractivity contribution in [2.24, 2.45) is 0 Å². The maximum absolute atomic E-state index is 0. The second kappa shape index (κ2) is 43.8. The van der Waals surface area contributed by atoms with Crippen LogP contribution in [0.2, 0.25) is 0 Å². The molecule has 0 aliphatic heterocycles. The Hall–Kier alpha value is 0.842. The van der Waals surface area contributed by atoms with Crippen molar-refractivity contribution in [3.63, 3.8) is 0 Å². The van der Waals surface area contributed by atoms with E-state index in [2.05, 4.69) is 0 Å². The summed E-state index contributed by atoms with van der Waals surface area (Å²) in [7, 11) is 0. The summed E-state index contributed by atoms with van der Waals surface area (Å²) in [5.74, 6) is 0. The molecule has 30 valence electrons. The van der Waals surface area contributed by atoms with Gasteiger partial charge in [0, 0.05) is 0 Å². The summed E-state index contributed by atoms with van der Waals surface area (Å²) >= 11 is 0. The van der Waals surface area contributed by atoms with Crippen molar-refractivity contribution in [1.82, 2.24) is 0 Å². The van der Waals surface area contributed by atoms with Gasteiger partial charge in [0.1, 0.15) is 0 Å². The van der Waals surface area contributed by atoms with E-state index in [-0.39, 0.29) is 45.7 Å². The molecule has 0 spiro atoms. The summed E-state index contributed by atoms with van der Waals surface area (Å²) in [6.45, 7) is 0. The molecule has 0 unspecified atom stereocenters. The Balaban J connectivity index is 0. The van der Waals surface area contributed by atoms with E-state index < -0.39 is 0 Å². The SMILES string of the molecule is C.O.O.[PbH2]. The first-order valence-electron chi connectivity index (χ1n) is 0. The Kier molecular flexibility index (Phi) is 1100. The molecule has 0 saturated heterocycles. The van der Waals surface area contributed by atoms with E-state index in [0.717, 1.165) is 0 Å². The minimum absolute atomic E-state index is 0. The zero-order chi connectivity index (χ0) is 0. The molecule has 3 heteroatoms. The van der Waals surface area contributed by atoms with Crippen LogP contribution in [-0.2, 0) is 0 Å². The van der Waals surface area contributed by atoms with Crippen LogP contribution >= 0.6 is 0 Å². The Morgan fingerprint density at radius 1 is 0.750 bits per heavy atom.